The summed E-state index contributed by atoms with van der Waals surface area (Å²) in [5.74, 6) is 0.475. The van der Waals surface area contributed by atoms with E-state index in [9.17, 15) is 9.59 Å². The number of fused-ring (bicyclic) bond motifs is 1. The molecule has 0 aliphatic heterocycles. The first kappa shape index (κ1) is 20.1. The molecule has 3 aromatic carbocycles. The highest BCUT2D eigenvalue weighted by molar-refractivity contribution is 6.05. The lowest BCUT2D eigenvalue weighted by Gasteiger charge is -2.10. The third-order valence-electron chi connectivity index (χ3n) is 4.66. The minimum Gasteiger partial charge on any atom is -0.484 e. The van der Waals surface area contributed by atoms with E-state index in [0.717, 1.165) is 16.3 Å². The molecule has 0 saturated heterocycles. The predicted molar refractivity (Wildman–Crippen MR) is 121 cm³/mol. The zero-order valence-corrected chi connectivity index (χ0v) is 17.0. The van der Waals surface area contributed by atoms with Crippen LogP contribution < -0.4 is 15.4 Å². The molecule has 0 spiro atoms. The van der Waals surface area contributed by atoms with Gasteiger partial charge < -0.3 is 15.4 Å². The second-order valence-electron chi connectivity index (χ2n) is 7.10. The summed E-state index contributed by atoms with van der Waals surface area (Å²) in [6.07, 6.45) is 1.64. The van der Waals surface area contributed by atoms with Crippen molar-refractivity contribution in [3.63, 3.8) is 0 Å². The number of aryl methyl sites for hydroxylation is 1. The monoisotopic (exact) mass is 411 g/mol. The van der Waals surface area contributed by atoms with Crippen LogP contribution in [0.2, 0.25) is 0 Å². The molecule has 6 heteroatoms. The van der Waals surface area contributed by atoms with E-state index in [4.69, 9.17) is 4.74 Å². The lowest BCUT2D eigenvalue weighted by Crippen LogP contribution is -2.20. The summed E-state index contributed by atoms with van der Waals surface area (Å²) >= 11 is 0. The van der Waals surface area contributed by atoms with E-state index < -0.39 is 0 Å². The van der Waals surface area contributed by atoms with Crippen LogP contribution >= 0.6 is 0 Å². The SMILES string of the molecule is Cc1ccnc(NC(=O)c2cccc(NC(=O)COc3ccc4ccccc4c3)c2)c1. The number of hydrogen-bond donors (Lipinski definition) is 2. The molecule has 0 atom stereocenters. The zero-order valence-electron chi connectivity index (χ0n) is 17.0. The molecular formula is C25H21N3O3. The highest BCUT2D eigenvalue weighted by atomic mass is 16.5. The van der Waals surface area contributed by atoms with Crippen molar-refractivity contribution in [1.29, 1.82) is 0 Å². The van der Waals surface area contributed by atoms with Gasteiger partial charge in [-0.25, -0.2) is 4.98 Å². The number of carbonyl (C=O) groups excluding carboxylic acids is 2. The summed E-state index contributed by atoms with van der Waals surface area (Å²) in [7, 11) is 0. The number of hydrogen-bond acceptors (Lipinski definition) is 4. The van der Waals surface area contributed by atoms with Crippen LogP contribution in [0.15, 0.2) is 85.1 Å². The summed E-state index contributed by atoms with van der Waals surface area (Å²) in [5, 5.41) is 7.66. The Kier molecular flexibility index (Phi) is 5.89. The quantitative estimate of drug-likeness (QED) is 0.477. The maximum absolute atomic E-state index is 12.5. The zero-order chi connectivity index (χ0) is 21.6. The lowest BCUT2D eigenvalue weighted by molar-refractivity contribution is -0.118. The van der Waals surface area contributed by atoms with E-state index in [-0.39, 0.29) is 18.4 Å². The number of carbonyl (C=O) groups is 2. The number of aromatic nitrogens is 1. The number of nitrogens with zero attached hydrogens (tertiary/aromatic N) is 1. The van der Waals surface area contributed by atoms with Crippen LogP contribution in [-0.4, -0.2) is 23.4 Å². The van der Waals surface area contributed by atoms with Gasteiger partial charge >= 0.3 is 0 Å². The maximum Gasteiger partial charge on any atom is 0.262 e. The highest BCUT2D eigenvalue weighted by Gasteiger charge is 2.10. The molecule has 4 rings (SSSR count). The molecule has 6 nitrogen and oxygen atoms in total. The van der Waals surface area contributed by atoms with Crippen LogP contribution in [-0.2, 0) is 4.79 Å². The number of ether oxygens (including phenoxy) is 1. The van der Waals surface area contributed by atoms with Crippen LogP contribution in [0.4, 0.5) is 11.5 Å². The predicted octanol–water partition coefficient (Wildman–Crippen LogP) is 4.81. The molecule has 0 aliphatic carbocycles. The fourth-order valence-corrected chi connectivity index (χ4v) is 3.13. The van der Waals surface area contributed by atoms with E-state index in [1.165, 1.54) is 0 Å². The van der Waals surface area contributed by atoms with Gasteiger partial charge in [0.2, 0.25) is 0 Å². The average molecular weight is 411 g/mol. The van der Waals surface area contributed by atoms with E-state index >= 15 is 0 Å². The van der Waals surface area contributed by atoms with Crippen molar-refractivity contribution in [2.45, 2.75) is 6.92 Å². The molecule has 2 amide bonds. The van der Waals surface area contributed by atoms with Crippen molar-refractivity contribution >= 4 is 34.1 Å². The maximum atomic E-state index is 12.5. The van der Waals surface area contributed by atoms with E-state index in [0.29, 0.717) is 22.8 Å². The third kappa shape index (κ3) is 5.25. The molecule has 0 unspecified atom stereocenters. The molecular weight excluding hydrogens is 390 g/mol. The summed E-state index contributed by atoms with van der Waals surface area (Å²) in [6.45, 7) is 1.79. The highest BCUT2D eigenvalue weighted by Crippen LogP contribution is 2.20. The smallest absolute Gasteiger partial charge is 0.262 e. The topological polar surface area (TPSA) is 80.3 Å². The average Bonchev–Trinajstić information content (AvgIpc) is 2.78. The minimum absolute atomic E-state index is 0.137. The van der Waals surface area contributed by atoms with Crippen molar-refractivity contribution < 1.29 is 14.3 Å². The summed E-state index contributed by atoms with van der Waals surface area (Å²) in [6, 6.07) is 24.0. The molecule has 0 aliphatic rings. The Morgan fingerprint density at radius 2 is 1.71 bits per heavy atom. The van der Waals surface area contributed by atoms with Crippen LogP contribution in [0.1, 0.15) is 15.9 Å². The summed E-state index contributed by atoms with van der Waals surface area (Å²) in [5.41, 5.74) is 1.92. The number of nitrogens with one attached hydrogen (secondary N) is 2. The van der Waals surface area contributed by atoms with Crippen molar-refractivity contribution in [3.05, 3.63) is 96.2 Å². The summed E-state index contributed by atoms with van der Waals surface area (Å²) in [4.78, 5) is 28.9. The van der Waals surface area contributed by atoms with Crippen molar-refractivity contribution in [2.75, 3.05) is 17.2 Å². The van der Waals surface area contributed by atoms with Crippen LogP contribution in [0.5, 0.6) is 5.75 Å². The molecule has 0 saturated carbocycles. The Labute approximate surface area is 179 Å². The van der Waals surface area contributed by atoms with Gasteiger partial charge in [-0.1, -0.05) is 36.4 Å². The van der Waals surface area contributed by atoms with Gasteiger partial charge in [-0.3, -0.25) is 9.59 Å². The van der Waals surface area contributed by atoms with Gasteiger partial charge in [0.1, 0.15) is 11.6 Å². The Hall–Kier alpha value is -4.19. The molecule has 0 bridgehead atoms. The van der Waals surface area contributed by atoms with Gasteiger partial charge in [-0.05, 0) is 65.7 Å². The number of benzene rings is 3. The molecule has 1 heterocycles. The van der Waals surface area contributed by atoms with Crippen LogP contribution in [0, 0.1) is 6.92 Å². The largest absolute Gasteiger partial charge is 0.484 e. The Morgan fingerprint density at radius 3 is 2.55 bits per heavy atom. The minimum atomic E-state index is -0.314. The molecule has 0 radical (unpaired) electrons. The number of rotatable bonds is 6. The second kappa shape index (κ2) is 9.09. The van der Waals surface area contributed by atoms with E-state index in [1.807, 2.05) is 55.5 Å². The fraction of sp³-hybridized carbons (Fsp3) is 0.0800. The van der Waals surface area contributed by atoms with Gasteiger partial charge in [0.25, 0.3) is 11.8 Å². The first-order valence-electron chi connectivity index (χ1n) is 9.82. The molecule has 2 N–H and O–H groups in total. The Balaban J connectivity index is 1.36. The number of anilines is 2. The molecule has 1 aromatic heterocycles. The molecule has 0 fully saturated rings. The normalized spacial score (nSPS) is 10.5. The molecule has 154 valence electrons. The van der Waals surface area contributed by atoms with Gasteiger partial charge in [0, 0.05) is 17.4 Å². The second-order valence-corrected chi connectivity index (χ2v) is 7.10. The Morgan fingerprint density at radius 1 is 0.871 bits per heavy atom. The first-order valence-corrected chi connectivity index (χ1v) is 9.82. The van der Waals surface area contributed by atoms with Gasteiger partial charge in [0.15, 0.2) is 6.61 Å². The van der Waals surface area contributed by atoms with E-state index in [1.54, 1.807) is 36.5 Å². The lowest BCUT2D eigenvalue weighted by atomic mass is 10.1. The standard InChI is InChI=1S/C25H21N3O3/c1-17-11-12-26-23(13-17)28-25(30)20-7-4-8-21(14-20)27-24(29)16-31-22-10-9-18-5-2-3-6-19(18)15-22/h2-15H,16H2,1H3,(H,27,29)(H,26,28,30). The Bertz CT molecular complexity index is 1250. The van der Waals surface area contributed by atoms with Crippen molar-refractivity contribution in [1.82, 2.24) is 4.98 Å². The van der Waals surface area contributed by atoms with Crippen LogP contribution in [0.25, 0.3) is 10.8 Å². The first-order chi connectivity index (χ1) is 15.1. The number of amides is 2. The van der Waals surface area contributed by atoms with Crippen molar-refractivity contribution in [3.8, 4) is 5.75 Å². The third-order valence-corrected chi connectivity index (χ3v) is 4.66. The van der Waals surface area contributed by atoms with Crippen LogP contribution in [0.3, 0.4) is 0 Å². The van der Waals surface area contributed by atoms with Crippen molar-refractivity contribution in [2.24, 2.45) is 0 Å². The van der Waals surface area contributed by atoms with Gasteiger partial charge in [-0.2, -0.15) is 0 Å². The van der Waals surface area contributed by atoms with Gasteiger partial charge in [-0.15, -0.1) is 0 Å². The summed E-state index contributed by atoms with van der Waals surface area (Å²) < 4.78 is 5.62. The van der Waals surface area contributed by atoms with Gasteiger partial charge in [0.05, 0.1) is 0 Å². The molecule has 31 heavy (non-hydrogen) atoms. The van der Waals surface area contributed by atoms with E-state index in [2.05, 4.69) is 15.6 Å². The number of pyridine rings is 1. The molecule has 4 aromatic rings. The fourth-order valence-electron chi connectivity index (χ4n) is 3.13.